The van der Waals surface area contributed by atoms with E-state index in [0.717, 1.165) is 18.5 Å². The molecule has 3 rings (SSSR count). The van der Waals surface area contributed by atoms with Crippen LogP contribution in [0, 0.1) is 0 Å². The molecule has 0 unspecified atom stereocenters. The van der Waals surface area contributed by atoms with E-state index >= 15 is 0 Å². The van der Waals surface area contributed by atoms with Crippen LogP contribution in [0.2, 0.25) is 5.02 Å². The van der Waals surface area contributed by atoms with Gasteiger partial charge in [0.05, 0.1) is 28.2 Å². The average Bonchev–Trinajstić information content (AvgIpc) is 3.17. The fraction of sp³-hybridized carbons (Fsp3) is 0.333. The van der Waals surface area contributed by atoms with Crippen molar-refractivity contribution in [3.63, 3.8) is 0 Å². The summed E-state index contributed by atoms with van der Waals surface area (Å²) in [6, 6.07) is 13.6. The van der Waals surface area contributed by atoms with Crippen molar-refractivity contribution in [2.45, 2.75) is 31.2 Å². The van der Waals surface area contributed by atoms with Crippen LogP contribution in [-0.2, 0) is 16.6 Å². The molecule has 0 amide bonds. The van der Waals surface area contributed by atoms with Crippen molar-refractivity contribution in [3.05, 3.63) is 65.4 Å². The number of halogens is 1. The Bertz CT molecular complexity index is 1080. The number of benzene rings is 2. The normalized spacial score (nSPS) is 11.8. The molecule has 0 spiro atoms. The molecule has 0 saturated heterocycles. The Hall–Kier alpha value is -2.42. The molecule has 0 radical (unpaired) electrons. The predicted molar refractivity (Wildman–Crippen MR) is 120 cm³/mol. The maximum absolute atomic E-state index is 13.5. The van der Waals surface area contributed by atoms with Crippen LogP contribution < -0.4 is 4.31 Å². The summed E-state index contributed by atoms with van der Waals surface area (Å²) in [5.74, 6) is 0. The van der Waals surface area contributed by atoms with Crippen LogP contribution in [0.15, 0.2) is 59.6 Å². The van der Waals surface area contributed by atoms with Crippen molar-refractivity contribution in [2.24, 2.45) is 0 Å². The Labute approximate surface area is 182 Å². The van der Waals surface area contributed by atoms with E-state index < -0.39 is 10.0 Å². The summed E-state index contributed by atoms with van der Waals surface area (Å²) in [4.78, 5) is 2.24. The van der Waals surface area contributed by atoms with Gasteiger partial charge in [0.1, 0.15) is 0 Å². The molecule has 0 bridgehead atoms. The molecule has 160 valence electrons. The molecule has 0 aliphatic heterocycles. The highest BCUT2D eigenvalue weighted by atomic mass is 35.5. The number of rotatable bonds is 9. The minimum Gasteiger partial charge on any atom is -0.304 e. The zero-order valence-corrected chi connectivity index (χ0v) is 18.9. The molecule has 0 fully saturated rings. The summed E-state index contributed by atoms with van der Waals surface area (Å²) in [6.07, 6.45) is 3.25. The van der Waals surface area contributed by atoms with Crippen molar-refractivity contribution >= 4 is 27.3 Å². The van der Waals surface area contributed by atoms with Crippen molar-refractivity contribution in [3.8, 4) is 5.69 Å². The van der Waals surface area contributed by atoms with Gasteiger partial charge in [0.2, 0.25) is 0 Å². The molecule has 9 heteroatoms. The highest BCUT2D eigenvalue weighted by molar-refractivity contribution is 7.92. The molecule has 0 aliphatic rings. The maximum atomic E-state index is 13.5. The summed E-state index contributed by atoms with van der Waals surface area (Å²) >= 11 is 6.29. The van der Waals surface area contributed by atoms with E-state index in [4.69, 9.17) is 11.6 Å². The summed E-state index contributed by atoms with van der Waals surface area (Å²) in [7, 11) is 0.126. The number of nitrogens with zero attached hydrogens (tertiary/aromatic N) is 5. The Balaban J connectivity index is 2.17. The Morgan fingerprint density at radius 2 is 1.83 bits per heavy atom. The lowest BCUT2D eigenvalue weighted by Gasteiger charge is -2.27. The lowest BCUT2D eigenvalue weighted by atomic mass is 10.2. The average molecular weight is 448 g/mol. The zero-order valence-electron chi connectivity index (χ0n) is 17.4. The van der Waals surface area contributed by atoms with Gasteiger partial charge in [0.25, 0.3) is 10.0 Å². The second-order valence-corrected chi connectivity index (χ2v) is 9.55. The molecule has 3 aromatic rings. The number of sulfonamides is 1. The molecule has 7 nitrogen and oxygen atoms in total. The molecule has 30 heavy (non-hydrogen) atoms. The molecular formula is C21H26ClN5O2S. The largest absolute Gasteiger partial charge is 0.304 e. The van der Waals surface area contributed by atoms with Crippen molar-refractivity contribution in [1.29, 1.82) is 0 Å². The van der Waals surface area contributed by atoms with E-state index in [1.807, 2.05) is 25.9 Å². The molecule has 0 saturated carbocycles. The van der Waals surface area contributed by atoms with Crippen LogP contribution in [0.25, 0.3) is 5.69 Å². The molecule has 2 aromatic carbocycles. The Kier molecular flexibility index (Phi) is 7.12. The van der Waals surface area contributed by atoms with Crippen LogP contribution in [0.4, 0.5) is 5.69 Å². The summed E-state index contributed by atoms with van der Waals surface area (Å²) in [5, 5.41) is 8.75. The highest BCUT2D eigenvalue weighted by Gasteiger charge is 2.27. The summed E-state index contributed by atoms with van der Waals surface area (Å²) in [5.41, 5.74) is 1.92. The molecular weight excluding hydrogens is 422 g/mol. The first kappa shape index (κ1) is 22.3. The number of anilines is 1. The van der Waals surface area contributed by atoms with Crippen LogP contribution >= 0.6 is 11.6 Å². The second-order valence-electron chi connectivity index (χ2n) is 7.25. The minimum atomic E-state index is -3.77. The van der Waals surface area contributed by atoms with Crippen LogP contribution in [0.1, 0.15) is 25.5 Å². The SMILES string of the molecule is CCCCN(c1ccc(Cl)cc1-n1nncc1CN(C)C)S(=O)(=O)c1ccccc1. The van der Waals surface area contributed by atoms with Gasteiger partial charge in [0, 0.05) is 18.1 Å². The quantitative estimate of drug-likeness (QED) is 0.496. The van der Waals surface area contributed by atoms with Gasteiger partial charge in [-0.05, 0) is 50.8 Å². The highest BCUT2D eigenvalue weighted by Crippen LogP contribution is 2.32. The lowest BCUT2D eigenvalue weighted by molar-refractivity contribution is 0.391. The molecule has 1 aromatic heterocycles. The summed E-state index contributed by atoms with van der Waals surface area (Å²) < 4.78 is 30.2. The van der Waals surface area contributed by atoms with Gasteiger partial charge in [0.15, 0.2) is 0 Å². The minimum absolute atomic E-state index is 0.245. The smallest absolute Gasteiger partial charge is 0.264 e. The second kappa shape index (κ2) is 9.59. The van der Waals surface area contributed by atoms with Gasteiger partial charge < -0.3 is 4.90 Å². The lowest BCUT2D eigenvalue weighted by Crippen LogP contribution is -2.33. The number of hydrogen-bond donors (Lipinski definition) is 0. The van der Waals surface area contributed by atoms with Gasteiger partial charge in [-0.1, -0.05) is 48.4 Å². The Morgan fingerprint density at radius 1 is 1.10 bits per heavy atom. The fourth-order valence-corrected chi connectivity index (χ4v) is 4.86. The van der Waals surface area contributed by atoms with Gasteiger partial charge in [-0.15, -0.1) is 5.10 Å². The number of aromatic nitrogens is 3. The van der Waals surface area contributed by atoms with Crippen molar-refractivity contribution in [1.82, 2.24) is 19.9 Å². The molecule has 0 aliphatic carbocycles. The third-order valence-corrected chi connectivity index (χ3v) is 6.64. The van der Waals surface area contributed by atoms with E-state index in [0.29, 0.717) is 29.5 Å². The Morgan fingerprint density at radius 3 is 2.50 bits per heavy atom. The topological polar surface area (TPSA) is 71.3 Å². The molecule has 0 atom stereocenters. The van der Waals surface area contributed by atoms with Gasteiger partial charge >= 0.3 is 0 Å². The monoisotopic (exact) mass is 447 g/mol. The van der Waals surface area contributed by atoms with Crippen molar-refractivity contribution in [2.75, 3.05) is 24.9 Å². The first-order chi connectivity index (χ1) is 14.3. The van der Waals surface area contributed by atoms with E-state index in [1.54, 1.807) is 59.4 Å². The van der Waals surface area contributed by atoms with Gasteiger partial charge in [-0.25, -0.2) is 13.1 Å². The summed E-state index contributed by atoms with van der Waals surface area (Å²) in [6.45, 7) is 2.97. The van der Waals surface area contributed by atoms with Gasteiger partial charge in [-0.2, -0.15) is 0 Å². The zero-order chi connectivity index (χ0) is 21.7. The fourth-order valence-electron chi connectivity index (χ4n) is 3.16. The third-order valence-electron chi connectivity index (χ3n) is 4.58. The van der Waals surface area contributed by atoms with Crippen LogP contribution in [0.5, 0.6) is 0 Å². The number of unbranched alkanes of at least 4 members (excludes halogenated alkanes) is 1. The van der Waals surface area contributed by atoms with E-state index in [9.17, 15) is 8.42 Å². The van der Waals surface area contributed by atoms with E-state index in [1.165, 1.54) is 4.31 Å². The number of hydrogen-bond acceptors (Lipinski definition) is 5. The van der Waals surface area contributed by atoms with E-state index in [-0.39, 0.29) is 4.90 Å². The predicted octanol–water partition coefficient (Wildman–Crippen LogP) is 3.98. The molecule has 1 heterocycles. The van der Waals surface area contributed by atoms with E-state index in [2.05, 4.69) is 10.3 Å². The van der Waals surface area contributed by atoms with Crippen LogP contribution in [0.3, 0.4) is 0 Å². The standard InChI is InChI=1S/C21H26ClN5O2S/c1-4-5-13-26(30(28,29)19-9-7-6-8-10-19)20-12-11-17(22)14-21(20)27-18(15-23-24-27)16-25(2)3/h6-12,14-15H,4-5,13,16H2,1-3H3. The van der Waals surface area contributed by atoms with Gasteiger partial charge in [-0.3, -0.25) is 4.31 Å². The molecule has 0 N–H and O–H groups in total. The first-order valence-electron chi connectivity index (χ1n) is 9.76. The van der Waals surface area contributed by atoms with Crippen LogP contribution in [-0.4, -0.2) is 49.0 Å². The first-order valence-corrected chi connectivity index (χ1v) is 11.6. The van der Waals surface area contributed by atoms with Crippen molar-refractivity contribution < 1.29 is 8.42 Å². The third kappa shape index (κ3) is 4.83. The maximum Gasteiger partial charge on any atom is 0.264 e.